The van der Waals surface area contributed by atoms with Crippen LogP contribution in [-0.4, -0.2) is 56.7 Å². The quantitative estimate of drug-likeness (QED) is 0.653. The highest BCUT2D eigenvalue weighted by atomic mass is 16.5. The number of benzene rings is 1. The van der Waals surface area contributed by atoms with E-state index in [4.69, 9.17) is 14.2 Å². The Labute approximate surface area is 175 Å². The summed E-state index contributed by atoms with van der Waals surface area (Å²) in [5, 5.41) is 7.18. The molecule has 1 fully saturated rings. The lowest BCUT2D eigenvalue weighted by Gasteiger charge is -2.18. The number of nitrogens with zero attached hydrogens (tertiary/aromatic N) is 3. The van der Waals surface area contributed by atoms with E-state index in [9.17, 15) is 9.59 Å². The first kappa shape index (κ1) is 21.6. The zero-order chi connectivity index (χ0) is 21.5. The molecule has 1 N–H and O–H groups in total. The third kappa shape index (κ3) is 5.29. The van der Waals surface area contributed by atoms with Crippen LogP contribution in [0.5, 0.6) is 11.5 Å². The molecule has 0 bridgehead atoms. The van der Waals surface area contributed by atoms with Crippen molar-refractivity contribution in [1.82, 2.24) is 15.1 Å². The van der Waals surface area contributed by atoms with E-state index in [1.165, 1.54) is 4.68 Å². The largest absolute Gasteiger partial charge is 0.497 e. The summed E-state index contributed by atoms with van der Waals surface area (Å²) in [7, 11) is 4.77. The second-order valence-corrected chi connectivity index (χ2v) is 7.14. The lowest BCUT2D eigenvalue weighted by Crippen LogP contribution is -2.33. The standard InChI is InChI=1S/C21H28N4O5/c1-28-7-6-25-20(26)10-17(13-23-25)24-5-4-16(14-24)21(27)22-12-15-8-18(29-2)11-19(9-15)30-3/h8-11,13,16H,4-7,12,14H2,1-3H3,(H,22,27). The van der Waals surface area contributed by atoms with Gasteiger partial charge in [-0.3, -0.25) is 9.59 Å². The predicted octanol–water partition coefficient (Wildman–Crippen LogP) is 1.05. The molecular formula is C21H28N4O5. The van der Waals surface area contributed by atoms with E-state index in [2.05, 4.69) is 10.4 Å². The molecule has 0 radical (unpaired) electrons. The van der Waals surface area contributed by atoms with Gasteiger partial charge in [0, 0.05) is 38.9 Å². The van der Waals surface area contributed by atoms with E-state index in [0.29, 0.717) is 44.3 Å². The van der Waals surface area contributed by atoms with Gasteiger partial charge in [0.15, 0.2) is 0 Å². The zero-order valence-electron chi connectivity index (χ0n) is 17.6. The summed E-state index contributed by atoms with van der Waals surface area (Å²) in [6, 6.07) is 7.09. The van der Waals surface area contributed by atoms with Crippen molar-refractivity contribution >= 4 is 11.6 Å². The molecule has 2 aromatic rings. The molecule has 30 heavy (non-hydrogen) atoms. The number of ether oxygens (including phenoxy) is 3. The third-order valence-electron chi connectivity index (χ3n) is 5.16. The molecule has 162 valence electrons. The van der Waals surface area contributed by atoms with Gasteiger partial charge in [0.2, 0.25) is 5.91 Å². The topological polar surface area (TPSA) is 94.9 Å². The second kappa shape index (κ2) is 10.1. The first-order valence-corrected chi connectivity index (χ1v) is 9.84. The molecule has 1 aliphatic heterocycles. The van der Waals surface area contributed by atoms with Crippen LogP contribution in [0.25, 0.3) is 0 Å². The van der Waals surface area contributed by atoms with Crippen molar-refractivity contribution in [1.29, 1.82) is 0 Å². The van der Waals surface area contributed by atoms with Gasteiger partial charge in [-0.25, -0.2) is 4.68 Å². The van der Waals surface area contributed by atoms with Crippen LogP contribution >= 0.6 is 0 Å². The van der Waals surface area contributed by atoms with Crippen LogP contribution in [0.1, 0.15) is 12.0 Å². The summed E-state index contributed by atoms with van der Waals surface area (Å²) >= 11 is 0. The first-order chi connectivity index (χ1) is 14.5. The summed E-state index contributed by atoms with van der Waals surface area (Å²) < 4.78 is 16.9. The molecule has 3 rings (SSSR count). The number of anilines is 1. The minimum Gasteiger partial charge on any atom is -0.497 e. The number of carbonyl (C=O) groups is 1. The molecule has 1 unspecified atom stereocenters. The third-order valence-corrected chi connectivity index (χ3v) is 5.16. The van der Waals surface area contributed by atoms with E-state index in [0.717, 1.165) is 17.7 Å². The minimum atomic E-state index is -0.176. The van der Waals surface area contributed by atoms with Gasteiger partial charge < -0.3 is 24.4 Å². The van der Waals surface area contributed by atoms with Crippen LogP contribution in [0.2, 0.25) is 0 Å². The normalized spacial score (nSPS) is 15.8. The molecule has 1 aliphatic rings. The van der Waals surface area contributed by atoms with E-state index in [1.807, 2.05) is 17.0 Å². The maximum Gasteiger partial charge on any atom is 0.268 e. The number of hydrogen-bond acceptors (Lipinski definition) is 7. The van der Waals surface area contributed by atoms with Crippen LogP contribution in [0.15, 0.2) is 35.3 Å². The highest BCUT2D eigenvalue weighted by Crippen LogP contribution is 2.24. The van der Waals surface area contributed by atoms with Crippen molar-refractivity contribution in [2.75, 3.05) is 45.9 Å². The number of nitrogens with one attached hydrogen (secondary N) is 1. The Bertz CT molecular complexity index is 908. The Morgan fingerprint density at radius 2 is 1.90 bits per heavy atom. The molecule has 0 saturated carbocycles. The Morgan fingerprint density at radius 1 is 1.17 bits per heavy atom. The maximum atomic E-state index is 12.6. The van der Waals surface area contributed by atoms with Gasteiger partial charge in [-0.15, -0.1) is 0 Å². The lowest BCUT2D eigenvalue weighted by atomic mass is 10.1. The van der Waals surface area contributed by atoms with E-state index >= 15 is 0 Å². The molecule has 0 aliphatic carbocycles. The summed E-state index contributed by atoms with van der Waals surface area (Å²) in [5.41, 5.74) is 1.46. The van der Waals surface area contributed by atoms with Crippen LogP contribution in [-0.2, 0) is 22.6 Å². The second-order valence-electron chi connectivity index (χ2n) is 7.14. The molecular weight excluding hydrogens is 388 g/mol. The van der Waals surface area contributed by atoms with Gasteiger partial charge in [0.1, 0.15) is 11.5 Å². The molecule has 1 saturated heterocycles. The van der Waals surface area contributed by atoms with Gasteiger partial charge in [-0.05, 0) is 24.1 Å². The highest BCUT2D eigenvalue weighted by molar-refractivity contribution is 5.80. The zero-order valence-corrected chi connectivity index (χ0v) is 17.6. The highest BCUT2D eigenvalue weighted by Gasteiger charge is 2.28. The predicted molar refractivity (Wildman–Crippen MR) is 112 cm³/mol. The van der Waals surface area contributed by atoms with Crippen LogP contribution in [0.4, 0.5) is 5.69 Å². The Hall–Kier alpha value is -3.07. The molecule has 2 heterocycles. The summed E-state index contributed by atoms with van der Waals surface area (Å²) in [6.07, 6.45) is 2.39. The lowest BCUT2D eigenvalue weighted by molar-refractivity contribution is -0.124. The Morgan fingerprint density at radius 3 is 2.53 bits per heavy atom. The number of amides is 1. The van der Waals surface area contributed by atoms with Crippen molar-refractivity contribution in [2.45, 2.75) is 19.5 Å². The van der Waals surface area contributed by atoms with Crippen molar-refractivity contribution in [3.63, 3.8) is 0 Å². The Kier molecular flexibility index (Phi) is 7.29. The number of rotatable bonds is 9. The fraction of sp³-hybridized carbons (Fsp3) is 0.476. The van der Waals surface area contributed by atoms with Crippen molar-refractivity contribution in [2.24, 2.45) is 5.92 Å². The average Bonchev–Trinajstić information content (AvgIpc) is 3.26. The monoisotopic (exact) mass is 416 g/mol. The number of hydrogen-bond donors (Lipinski definition) is 1. The maximum absolute atomic E-state index is 12.6. The number of carbonyl (C=O) groups excluding carboxylic acids is 1. The molecule has 1 aromatic carbocycles. The number of aromatic nitrogens is 2. The fourth-order valence-electron chi connectivity index (χ4n) is 3.45. The first-order valence-electron chi connectivity index (χ1n) is 9.84. The van der Waals surface area contributed by atoms with Crippen LogP contribution in [0, 0.1) is 5.92 Å². The van der Waals surface area contributed by atoms with Crippen LogP contribution < -0.4 is 25.2 Å². The van der Waals surface area contributed by atoms with Gasteiger partial charge in [0.05, 0.1) is 45.2 Å². The van der Waals surface area contributed by atoms with E-state index < -0.39 is 0 Å². The van der Waals surface area contributed by atoms with Gasteiger partial charge in [-0.1, -0.05) is 0 Å². The molecule has 9 nitrogen and oxygen atoms in total. The SMILES string of the molecule is COCCn1ncc(N2CCC(C(=O)NCc3cc(OC)cc(OC)c3)C2)cc1=O. The minimum absolute atomic E-state index is 0.0133. The molecule has 0 spiro atoms. The Balaban J connectivity index is 1.57. The van der Waals surface area contributed by atoms with Crippen molar-refractivity contribution in [3.05, 3.63) is 46.4 Å². The van der Waals surface area contributed by atoms with Gasteiger partial charge >= 0.3 is 0 Å². The van der Waals surface area contributed by atoms with Gasteiger partial charge in [0.25, 0.3) is 5.56 Å². The molecule has 1 aromatic heterocycles. The molecule has 1 amide bonds. The van der Waals surface area contributed by atoms with E-state index in [1.54, 1.807) is 39.7 Å². The summed E-state index contributed by atoms with van der Waals surface area (Å²) in [4.78, 5) is 26.9. The fourth-order valence-corrected chi connectivity index (χ4v) is 3.45. The smallest absolute Gasteiger partial charge is 0.268 e. The summed E-state index contributed by atoms with van der Waals surface area (Å²) in [6.45, 7) is 2.48. The number of methoxy groups -OCH3 is 3. The summed E-state index contributed by atoms with van der Waals surface area (Å²) in [5.74, 6) is 1.20. The van der Waals surface area contributed by atoms with Crippen molar-refractivity contribution < 1.29 is 19.0 Å². The average molecular weight is 416 g/mol. The van der Waals surface area contributed by atoms with E-state index in [-0.39, 0.29) is 17.4 Å². The molecule has 9 heteroatoms. The van der Waals surface area contributed by atoms with Gasteiger partial charge in [-0.2, -0.15) is 5.10 Å². The van der Waals surface area contributed by atoms with Crippen molar-refractivity contribution in [3.8, 4) is 11.5 Å². The molecule has 1 atom stereocenters. The van der Waals surface area contributed by atoms with Crippen LogP contribution in [0.3, 0.4) is 0 Å².